The van der Waals surface area contributed by atoms with Crippen LogP contribution in [0.5, 0.6) is 0 Å². The van der Waals surface area contributed by atoms with Crippen molar-refractivity contribution in [1.82, 2.24) is 4.90 Å². The van der Waals surface area contributed by atoms with Crippen LogP contribution in [0.3, 0.4) is 0 Å². The van der Waals surface area contributed by atoms with Crippen LogP contribution in [0.15, 0.2) is 0 Å². The standard InChI is InChI=1S/C14H26N2O3/c1-11-8-13(4-7-18-11)14(17)19-10-16-5-2-12(9-15)3-6-16/h11-13H,2-10,15H2,1H3. The molecule has 0 bridgehead atoms. The van der Waals surface area contributed by atoms with Gasteiger partial charge >= 0.3 is 5.97 Å². The molecule has 5 heteroatoms. The van der Waals surface area contributed by atoms with E-state index in [1.165, 1.54) is 0 Å². The monoisotopic (exact) mass is 270 g/mol. The second kappa shape index (κ2) is 7.22. The van der Waals surface area contributed by atoms with Gasteiger partial charge in [0.1, 0.15) is 6.73 Å². The van der Waals surface area contributed by atoms with Crippen LogP contribution < -0.4 is 5.73 Å². The Kier molecular flexibility index (Phi) is 5.60. The van der Waals surface area contributed by atoms with Crippen molar-refractivity contribution in [3.63, 3.8) is 0 Å². The van der Waals surface area contributed by atoms with E-state index in [-0.39, 0.29) is 18.0 Å². The number of carbonyl (C=O) groups is 1. The van der Waals surface area contributed by atoms with Crippen molar-refractivity contribution < 1.29 is 14.3 Å². The third-order valence-corrected chi connectivity index (χ3v) is 4.25. The minimum atomic E-state index is -0.0592. The van der Waals surface area contributed by atoms with Crippen molar-refractivity contribution in [3.05, 3.63) is 0 Å². The molecule has 2 N–H and O–H groups in total. The number of carbonyl (C=O) groups excluding carboxylic acids is 1. The van der Waals surface area contributed by atoms with Crippen molar-refractivity contribution in [2.45, 2.75) is 38.7 Å². The maximum atomic E-state index is 12.0. The van der Waals surface area contributed by atoms with Crippen LogP contribution in [0.25, 0.3) is 0 Å². The lowest BCUT2D eigenvalue weighted by Crippen LogP contribution is -2.39. The first-order valence-corrected chi connectivity index (χ1v) is 7.39. The van der Waals surface area contributed by atoms with Crippen molar-refractivity contribution in [2.24, 2.45) is 17.6 Å². The SMILES string of the molecule is CC1CC(C(=O)OCN2CCC(CN)CC2)CCO1. The lowest BCUT2D eigenvalue weighted by atomic mass is 9.96. The molecule has 2 unspecified atom stereocenters. The van der Waals surface area contributed by atoms with E-state index >= 15 is 0 Å². The highest BCUT2D eigenvalue weighted by molar-refractivity contribution is 5.72. The van der Waals surface area contributed by atoms with Crippen LogP contribution in [0.1, 0.15) is 32.6 Å². The van der Waals surface area contributed by atoms with Crippen molar-refractivity contribution in [1.29, 1.82) is 0 Å². The summed E-state index contributed by atoms with van der Waals surface area (Å²) >= 11 is 0. The first-order chi connectivity index (χ1) is 9.19. The Labute approximate surface area is 115 Å². The zero-order valence-electron chi connectivity index (χ0n) is 11.8. The Morgan fingerprint density at radius 1 is 1.37 bits per heavy atom. The first-order valence-electron chi connectivity index (χ1n) is 7.39. The summed E-state index contributed by atoms with van der Waals surface area (Å²) in [6.45, 7) is 5.86. The predicted octanol–water partition coefficient (Wildman–Crippen LogP) is 0.973. The topological polar surface area (TPSA) is 64.8 Å². The average Bonchev–Trinajstić information content (AvgIpc) is 2.45. The molecule has 0 aromatic rings. The van der Waals surface area contributed by atoms with Gasteiger partial charge in [0.2, 0.25) is 0 Å². The van der Waals surface area contributed by atoms with E-state index in [9.17, 15) is 4.79 Å². The Morgan fingerprint density at radius 3 is 2.74 bits per heavy atom. The summed E-state index contributed by atoms with van der Waals surface area (Å²) in [6, 6.07) is 0. The van der Waals surface area contributed by atoms with Crippen LogP contribution >= 0.6 is 0 Å². The van der Waals surface area contributed by atoms with Crippen LogP contribution in [0.2, 0.25) is 0 Å². The Morgan fingerprint density at radius 2 is 2.11 bits per heavy atom. The minimum absolute atomic E-state index is 0.0188. The van der Waals surface area contributed by atoms with E-state index in [2.05, 4.69) is 4.90 Å². The number of hydrogen-bond acceptors (Lipinski definition) is 5. The van der Waals surface area contributed by atoms with Gasteiger partial charge in [-0.15, -0.1) is 0 Å². The second-order valence-corrected chi connectivity index (χ2v) is 5.79. The smallest absolute Gasteiger partial charge is 0.310 e. The number of esters is 1. The molecule has 110 valence electrons. The predicted molar refractivity (Wildman–Crippen MR) is 72.4 cm³/mol. The molecule has 0 saturated carbocycles. The maximum Gasteiger partial charge on any atom is 0.310 e. The first kappa shape index (κ1) is 14.8. The molecular weight excluding hydrogens is 244 g/mol. The quantitative estimate of drug-likeness (QED) is 0.771. The molecule has 0 aliphatic carbocycles. The van der Waals surface area contributed by atoms with Crippen molar-refractivity contribution in [2.75, 3.05) is 33.0 Å². The highest BCUT2D eigenvalue weighted by Crippen LogP contribution is 2.21. The molecule has 2 rings (SSSR count). The molecule has 2 heterocycles. The molecule has 5 nitrogen and oxygen atoms in total. The van der Waals surface area contributed by atoms with Crippen molar-refractivity contribution >= 4 is 5.97 Å². The molecule has 2 aliphatic heterocycles. The summed E-state index contributed by atoms with van der Waals surface area (Å²) in [5.41, 5.74) is 5.67. The third-order valence-electron chi connectivity index (χ3n) is 4.25. The molecule has 19 heavy (non-hydrogen) atoms. The summed E-state index contributed by atoms with van der Waals surface area (Å²) in [5, 5.41) is 0. The van der Waals surface area contributed by atoms with Gasteiger partial charge in [0.15, 0.2) is 0 Å². The molecule has 0 amide bonds. The van der Waals surface area contributed by atoms with Gasteiger partial charge in [0, 0.05) is 19.7 Å². The molecule has 0 radical (unpaired) electrons. The number of nitrogens with two attached hydrogens (primary N) is 1. The summed E-state index contributed by atoms with van der Waals surface area (Å²) in [4.78, 5) is 14.2. The number of ether oxygens (including phenoxy) is 2. The number of piperidine rings is 1. The normalized spacial score (nSPS) is 30.2. The molecule has 0 aromatic carbocycles. The summed E-state index contributed by atoms with van der Waals surface area (Å²) < 4.78 is 10.9. The highest BCUT2D eigenvalue weighted by atomic mass is 16.5. The van der Waals surface area contributed by atoms with Crippen LogP contribution in [-0.2, 0) is 14.3 Å². The summed E-state index contributed by atoms with van der Waals surface area (Å²) in [6.07, 6.45) is 3.98. The van der Waals surface area contributed by atoms with Crippen LogP contribution in [0, 0.1) is 11.8 Å². The number of rotatable bonds is 4. The van der Waals surface area contributed by atoms with E-state index in [0.717, 1.165) is 45.3 Å². The van der Waals surface area contributed by atoms with Gasteiger partial charge in [0.25, 0.3) is 0 Å². The number of likely N-dealkylation sites (tertiary alicyclic amines) is 1. The van der Waals surface area contributed by atoms with E-state index in [1.54, 1.807) is 0 Å². The Balaban J connectivity index is 1.66. The van der Waals surface area contributed by atoms with Gasteiger partial charge in [-0.2, -0.15) is 0 Å². The Hall–Kier alpha value is -0.650. The lowest BCUT2D eigenvalue weighted by Gasteiger charge is -2.31. The summed E-state index contributed by atoms with van der Waals surface area (Å²) in [5.74, 6) is 0.602. The number of nitrogens with zero attached hydrogens (tertiary/aromatic N) is 1. The van der Waals surface area contributed by atoms with Crippen LogP contribution in [0.4, 0.5) is 0 Å². The van der Waals surface area contributed by atoms with Gasteiger partial charge in [0.05, 0.1) is 12.0 Å². The number of hydrogen-bond donors (Lipinski definition) is 1. The van der Waals surface area contributed by atoms with Gasteiger partial charge in [-0.1, -0.05) is 0 Å². The van der Waals surface area contributed by atoms with E-state index in [1.807, 2.05) is 6.92 Å². The fourth-order valence-corrected chi connectivity index (χ4v) is 2.84. The fraction of sp³-hybridized carbons (Fsp3) is 0.929. The molecule has 2 fully saturated rings. The van der Waals surface area contributed by atoms with E-state index in [0.29, 0.717) is 19.3 Å². The van der Waals surface area contributed by atoms with Crippen molar-refractivity contribution in [3.8, 4) is 0 Å². The fourth-order valence-electron chi connectivity index (χ4n) is 2.84. The summed E-state index contributed by atoms with van der Waals surface area (Å²) in [7, 11) is 0. The zero-order valence-corrected chi connectivity index (χ0v) is 11.8. The average molecular weight is 270 g/mol. The molecule has 0 aromatic heterocycles. The molecular formula is C14H26N2O3. The third kappa shape index (κ3) is 4.44. The molecule has 2 atom stereocenters. The van der Waals surface area contributed by atoms with E-state index < -0.39 is 0 Å². The lowest BCUT2D eigenvalue weighted by molar-refractivity contribution is -0.158. The van der Waals surface area contributed by atoms with Gasteiger partial charge in [-0.05, 0) is 45.1 Å². The van der Waals surface area contributed by atoms with Gasteiger partial charge < -0.3 is 15.2 Å². The Bertz CT molecular complexity index is 290. The second-order valence-electron chi connectivity index (χ2n) is 5.79. The maximum absolute atomic E-state index is 12.0. The largest absolute Gasteiger partial charge is 0.449 e. The van der Waals surface area contributed by atoms with Gasteiger partial charge in [-0.3, -0.25) is 9.69 Å². The molecule has 2 saturated heterocycles. The van der Waals surface area contributed by atoms with E-state index in [4.69, 9.17) is 15.2 Å². The van der Waals surface area contributed by atoms with Gasteiger partial charge in [-0.25, -0.2) is 0 Å². The highest BCUT2D eigenvalue weighted by Gasteiger charge is 2.27. The molecule has 2 aliphatic rings. The van der Waals surface area contributed by atoms with Crippen LogP contribution in [-0.4, -0.2) is 49.9 Å². The minimum Gasteiger partial charge on any atom is -0.449 e. The zero-order chi connectivity index (χ0) is 13.7. The molecule has 0 spiro atoms.